The number of piperidine rings is 1. The monoisotopic (exact) mass is 470 g/mol. The highest BCUT2D eigenvalue weighted by Gasteiger charge is 2.30. The van der Waals surface area contributed by atoms with Crippen LogP contribution in [0.1, 0.15) is 54.6 Å². The number of carbonyl (C=O) groups excluding carboxylic acids is 1. The van der Waals surface area contributed by atoms with Crippen molar-refractivity contribution >= 4 is 17.1 Å². The topological polar surface area (TPSA) is 87.9 Å². The second-order valence-corrected chi connectivity index (χ2v) is 9.62. The van der Waals surface area contributed by atoms with Crippen LogP contribution in [0.5, 0.6) is 0 Å². The molecule has 8 nitrogen and oxygen atoms in total. The van der Waals surface area contributed by atoms with E-state index in [0.29, 0.717) is 13.1 Å². The Hall–Kier alpha value is -3.81. The lowest BCUT2D eigenvalue weighted by Gasteiger charge is -2.34. The lowest BCUT2D eigenvalue weighted by Crippen LogP contribution is -2.46. The minimum Gasteiger partial charge on any atom is -0.331 e. The second-order valence-electron chi connectivity index (χ2n) is 9.62. The molecule has 0 bridgehead atoms. The molecular weight excluding hydrogens is 440 g/mol. The summed E-state index contributed by atoms with van der Waals surface area (Å²) in [5, 5.41) is 7.92. The van der Waals surface area contributed by atoms with E-state index in [1.807, 2.05) is 58.1 Å². The van der Waals surface area contributed by atoms with Crippen molar-refractivity contribution in [2.45, 2.75) is 50.7 Å². The fourth-order valence-electron chi connectivity index (χ4n) is 5.67. The quantitative estimate of drug-likeness (QED) is 0.473. The highest BCUT2D eigenvalue weighted by Crippen LogP contribution is 2.31. The first-order valence-corrected chi connectivity index (χ1v) is 12.5. The largest absolute Gasteiger partial charge is 0.331 e. The molecule has 0 radical (unpaired) electrons. The number of para-hydroxylation sites is 2. The Kier molecular flexibility index (Phi) is 5.64. The number of urea groups is 1. The summed E-state index contributed by atoms with van der Waals surface area (Å²) in [5.74, 6) is 0. The van der Waals surface area contributed by atoms with Gasteiger partial charge in [-0.25, -0.2) is 9.59 Å². The number of hydrogen-bond donors (Lipinski definition) is 2. The molecule has 2 aromatic heterocycles. The fourth-order valence-corrected chi connectivity index (χ4v) is 5.67. The first-order valence-electron chi connectivity index (χ1n) is 12.5. The van der Waals surface area contributed by atoms with Gasteiger partial charge in [0.2, 0.25) is 0 Å². The van der Waals surface area contributed by atoms with Gasteiger partial charge in [0.25, 0.3) is 0 Å². The summed E-state index contributed by atoms with van der Waals surface area (Å²) in [6, 6.07) is 18.2. The third-order valence-corrected chi connectivity index (χ3v) is 7.48. The van der Waals surface area contributed by atoms with Crippen LogP contribution in [0.3, 0.4) is 0 Å². The van der Waals surface area contributed by atoms with Gasteiger partial charge in [-0.05, 0) is 49.8 Å². The highest BCUT2D eigenvalue weighted by atomic mass is 16.2. The standard InChI is InChI=1S/C27H30N6O2/c34-26(31-15-13-20(14-16-31)33-25-11-5-4-9-23(25)30-27(33)35)29-22-10-6-12-24-21(22)17-28-32(24)18-19-7-2-1-3-8-19/h1-5,7-9,11,17,20,22H,6,10,12-16,18H2,(H,29,34)(H,30,35). The summed E-state index contributed by atoms with van der Waals surface area (Å²) in [7, 11) is 0. The molecular formula is C27H30N6O2. The van der Waals surface area contributed by atoms with E-state index in [2.05, 4.69) is 32.2 Å². The van der Waals surface area contributed by atoms with Crippen LogP contribution in [0.15, 0.2) is 65.6 Å². The minimum absolute atomic E-state index is 0.00951. The molecule has 1 saturated heterocycles. The normalized spacial score (nSPS) is 18.5. The molecule has 2 aromatic carbocycles. The van der Waals surface area contributed by atoms with Crippen LogP contribution in [-0.4, -0.2) is 43.4 Å². The van der Waals surface area contributed by atoms with Crippen molar-refractivity contribution in [3.8, 4) is 0 Å². The zero-order valence-corrected chi connectivity index (χ0v) is 19.7. The van der Waals surface area contributed by atoms with Gasteiger partial charge in [0.15, 0.2) is 0 Å². The van der Waals surface area contributed by atoms with Crippen molar-refractivity contribution in [3.63, 3.8) is 0 Å². The number of benzene rings is 2. The predicted molar refractivity (Wildman–Crippen MR) is 134 cm³/mol. The third-order valence-electron chi connectivity index (χ3n) is 7.48. The molecule has 0 spiro atoms. The van der Waals surface area contributed by atoms with Crippen molar-refractivity contribution in [2.24, 2.45) is 0 Å². The molecule has 0 saturated carbocycles. The van der Waals surface area contributed by atoms with E-state index in [0.717, 1.165) is 55.2 Å². The first-order chi connectivity index (χ1) is 17.2. The molecule has 1 unspecified atom stereocenters. The fraction of sp³-hybridized carbons (Fsp3) is 0.370. The van der Waals surface area contributed by atoms with E-state index in [1.165, 1.54) is 11.3 Å². The van der Waals surface area contributed by atoms with E-state index in [4.69, 9.17) is 0 Å². The smallest absolute Gasteiger partial charge is 0.326 e. The van der Waals surface area contributed by atoms with Crippen LogP contribution in [-0.2, 0) is 13.0 Å². The molecule has 1 aliphatic heterocycles. The number of rotatable bonds is 4. The van der Waals surface area contributed by atoms with Crippen molar-refractivity contribution < 1.29 is 4.79 Å². The van der Waals surface area contributed by atoms with Gasteiger partial charge in [-0.15, -0.1) is 0 Å². The van der Waals surface area contributed by atoms with Gasteiger partial charge in [0.05, 0.1) is 29.8 Å². The van der Waals surface area contributed by atoms with Gasteiger partial charge in [-0.1, -0.05) is 42.5 Å². The van der Waals surface area contributed by atoms with Gasteiger partial charge < -0.3 is 15.2 Å². The van der Waals surface area contributed by atoms with Crippen molar-refractivity contribution in [2.75, 3.05) is 13.1 Å². The van der Waals surface area contributed by atoms with Gasteiger partial charge >= 0.3 is 11.7 Å². The highest BCUT2D eigenvalue weighted by molar-refractivity contribution is 5.76. The number of likely N-dealkylation sites (tertiary alicyclic amines) is 1. The lowest BCUT2D eigenvalue weighted by atomic mass is 9.93. The van der Waals surface area contributed by atoms with Gasteiger partial charge in [-0.2, -0.15) is 5.10 Å². The average Bonchev–Trinajstić information content (AvgIpc) is 3.45. The number of aromatic nitrogens is 4. The van der Waals surface area contributed by atoms with E-state index in [1.54, 1.807) is 0 Å². The molecule has 2 aliphatic rings. The molecule has 3 heterocycles. The SMILES string of the molecule is O=C(NC1CCCc2c1cnn2Cc1ccccc1)N1CCC(n2c(=O)[nH]c3ccccc32)CC1. The van der Waals surface area contributed by atoms with Crippen molar-refractivity contribution in [1.29, 1.82) is 0 Å². The first kappa shape index (κ1) is 21.7. The van der Waals surface area contributed by atoms with Crippen LogP contribution in [0.25, 0.3) is 11.0 Å². The summed E-state index contributed by atoms with van der Waals surface area (Å²) in [6.45, 7) is 2.02. The Labute approximate surface area is 203 Å². The Bertz CT molecular complexity index is 1390. The van der Waals surface area contributed by atoms with Crippen molar-refractivity contribution in [1.82, 2.24) is 29.5 Å². The minimum atomic E-state index is -0.0728. The number of fused-ring (bicyclic) bond motifs is 2. The molecule has 8 heteroatoms. The summed E-state index contributed by atoms with van der Waals surface area (Å²) >= 11 is 0. The summed E-state index contributed by atoms with van der Waals surface area (Å²) in [5.41, 5.74) is 5.31. The summed E-state index contributed by atoms with van der Waals surface area (Å²) in [6.07, 6.45) is 6.40. The number of nitrogens with zero attached hydrogens (tertiary/aromatic N) is 4. The molecule has 1 fully saturated rings. The number of nitrogens with one attached hydrogen (secondary N) is 2. The van der Waals surface area contributed by atoms with E-state index in [9.17, 15) is 9.59 Å². The number of aromatic amines is 1. The Morgan fingerprint density at radius 1 is 1.03 bits per heavy atom. The molecule has 35 heavy (non-hydrogen) atoms. The van der Waals surface area contributed by atoms with Gasteiger partial charge in [0.1, 0.15) is 0 Å². The predicted octanol–water partition coefficient (Wildman–Crippen LogP) is 4.00. The van der Waals surface area contributed by atoms with Crippen LogP contribution >= 0.6 is 0 Å². The van der Waals surface area contributed by atoms with E-state index >= 15 is 0 Å². The third kappa shape index (κ3) is 4.13. The van der Waals surface area contributed by atoms with Crippen LogP contribution in [0.2, 0.25) is 0 Å². The maximum atomic E-state index is 13.2. The number of imidazole rings is 1. The van der Waals surface area contributed by atoms with E-state index in [-0.39, 0.29) is 23.8 Å². The molecule has 1 atom stereocenters. The molecule has 1 aliphatic carbocycles. The van der Waals surface area contributed by atoms with Gasteiger partial charge in [0, 0.05) is 30.4 Å². The second kappa shape index (κ2) is 9.09. The Morgan fingerprint density at radius 3 is 2.63 bits per heavy atom. The molecule has 2 amide bonds. The Morgan fingerprint density at radius 2 is 1.80 bits per heavy atom. The maximum absolute atomic E-state index is 13.2. The van der Waals surface area contributed by atoms with Gasteiger partial charge in [-0.3, -0.25) is 9.25 Å². The van der Waals surface area contributed by atoms with Crippen LogP contribution in [0.4, 0.5) is 4.79 Å². The zero-order valence-electron chi connectivity index (χ0n) is 19.7. The zero-order chi connectivity index (χ0) is 23.8. The number of hydrogen-bond acceptors (Lipinski definition) is 3. The summed E-state index contributed by atoms with van der Waals surface area (Å²) < 4.78 is 3.94. The van der Waals surface area contributed by atoms with E-state index < -0.39 is 0 Å². The lowest BCUT2D eigenvalue weighted by molar-refractivity contribution is 0.167. The number of amides is 2. The average molecular weight is 471 g/mol. The summed E-state index contributed by atoms with van der Waals surface area (Å²) in [4.78, 5) is 30.5. The van der Waals surface area contributed by atoms with Crippen LogP contribution in [0, 0.1) is 0 Å². The molecule has 6 rings (SSSR count). The van der Waals surface area contributed by atoms with Crippen molar-refractivity contribution in [3.05, 3.63) is 88.1 Å². The maximum Gasteiger partial charge on any atom is 0.326 e. The molecule has 4 aromatic rings. The number of H-pyrrole nitrogens is 1. The number of carbonyl (C=O) groups is 1. The Balaban J connectivity index is 1.11. The molecule has 180 valence electrons. The van der Waals surface area contributed by atoms with Crippen LogP contribution < -0.4 is 11.0 Å². The molecule has 2 N–H and O–H groups in total.